The lowest BCUT2D eigenvalue weighted by atomic mass is 9.92. The molecule has 3 rings (SSSR count). The SMILES string of the molecule is Cc1cc(C(=O)N[C@H](Cc2ccc(-c3cc(Cl)ccc3F)cc2)CC(CC#N)C(=O)O)sn1. The van der Waals surface area contributed by atoms with Crippen LogP contribution in [-0.4, -0.2) is 27.4 Å². The topological polar surface area (TPSA) is 103 Å². The minimum absolute atomic E-state index is 0.0943. The Bertz CT molecular complexity index is 1190. The van der Waals surface area contributed by atoms with Crippen LogP contribution in [0.3, 0.4) is 0 Å². The molecular weight excluding hydrogens is 465 g/mol. The molecule has 0 aliphatic heterocycles. The summed E-state index contributed by atoms with van der Waals surface area (Å²) in [6, 6.07) is 14.5. The maximum atomic E-state index is 14.2. The van der Waals surface area contributed by atoms with E-state index in [1.54, 1.807) is 43.3 Å². The van der Waals surface area contributed by atoms with Gasteiger partial charge < -0.3 is 10.4 Å². The number of nitrogens with one attached hydrogen (secondary N) is 1. The number of carboxylic acids is 1. The summed E-state index contributed by atoms with van der Waals surface area (Å²) in [7, 11) is 0. The number of nitriles is 1. The lowest BCUT2D eigenvalue weighted by Gasteiger charge is -2.21. The van der Waals surface area contributed by atoms with Gasteiger partial charge in [0.25, 0.3) is 5.91 Å². The number of carboxylic acid groups (broad SMARTS) is 1. The molecule has 0 aliphatic carbocycles. The third-order valence-electron chi connectivity index (χ3n) is 5.12. The average Bonchev–Trinajstić information content (AvgIpc) is 3.22. The number of aryl methyl sites for hydroxylation is 1. The molecule has 2 N–H and O–H groups in total. The number of aliphatic carboxylic acids is 1. The van der Waals surface area contributed by atoms with Gasteiger partial charge >= 0.3 is 5.97 Å². The molecule has 1 amide bonds. The summed E-state index contributed by atoms with van der Waals surface area (Å²) in [5.41, 5.74) is 2.57. The van der Waals surface area contributed by atoms with Crippen LogP contribution in [0.4, 0.5) is 4.39 Å². The van der Waals surface area contributed by atoms with Gasteiger partial charge in [-0.1, -0.05) is 35.9 Å². The first-order valence-electron chi connectivity index (χ1n) is 10.1. The molecule has 170 valence electrons. The van der Waals surface area contributed by atoms with Crippen LogP contribution in [0.15, 0.2) is 48.5 Å². The standard InChI is InChI=1S/C24H21ClFN3O3S/c1-14-10-22(33-29-14)23(30)28-19(12-17(8-9-27)24(31)32)11-15-2-4-16(5-3-15)20-13-18(25)6-7-21(20)26/h2-7,10,13,17,19H,8,11-12H2,1H3,(H,28,30)(H,31,32)/t17?,19-/m1/s1. The Morgan fingerprint density at radius 3 is 2.58 bits per heavy atom. The Morgan fingerprint density at radius 1 is 1.24 bits per heavy atom. The molecule has 1 heterocycles. The van der Waals surface area contributed by atoms with Gasteiger partial charge in [-0.25, -0.2) is 4.39 Å². The first-order chi connectivity index (χ1) is 15.8. The Balaban J connectivity index is 1.80. The van der Waals surface area contributed by atoms with Gasteiger partial charge in [0.2, 0.25) is 0 Å². The molecule has 0 bridgehead atoms. The number of rotatable bonds is 9. The molecule has 0 saturated heterocycles. The van der Waals surface area contributed by atoms with E-state index in [0.29, 0.717) is 27.4 Å². The van der Waals surface area contributed by atoms with Crippen molar-refractivity contribution >= 4 is 35.0 Å². The van der Waals surface area contributed by atoms with Crippen LogP contribution in [0, 0.1) is 30.0 Å². The van der Waals surface area contributed by atoms with Crippen molar-refractivity contribution in [3.63, 3.8) is 0 Å². The molecule has 1 aromatic heterocycles. The quantitative estimate of drug-likeness (QED) is 0.430. The van der Waals surface area contributed by atoms with E-state index in [9.17, 15) is 19.1 Å². The number of halogens is 2. The van der Waals surface area contributed by atoms with Crippen LogP contribution in [0.25, 0.3) is 11.1 Å². The Kier molecular flexibility index (Phi) is 8.15. The third-order valence-corrected chi connectivity index (χ3v) is 6.23. The van der Waals surface area contributed by atoms with Crippen molar-refractivity contribution in [3.8, 4) is 17.2 Å². The molecule has 0 saturated carbocycles. The Hall–Kier alpha value is -3.28. The molecular formula is C24H21ClFN3O3S. The predicted octanol–water partition coefficient (Wildman–Crippen LogP) is 5.26. The molecule has 33 heavy (non-hydrogen) atoms. The highest BCUT2D eigenvalue weighted by Crippen LogP contribution is 2.27. The second-order valence-electron chi connectivity index (χ2n) is 7.66. The maximum absolute atomic E-state index is 14.2. The lowest BCUT2D eigenvalue weighted by molar-refractivity contribution is -0.142. The maximum Gasteiger partial charge on any atom is 0.307 e. The van der Waals surface area contributed by atoms with E-state index >= 15 is 0 Å². The minimum Gasteiger partial charge on any atom is -0.481 e. The summed E-state index contributed by atoms with van der Waals surface area (Å²) in [5.74, 6) is -2.73. The molecule has 2 aromatic carbocycles. The van der Waals surface area contributed by atoms with Gasteiger partial charge in [-0.3, -0.25) is 9.59 Å². The van der Waals surface area contributed by atoms with E-state index in [1.807, 2.05) is 6.07 Å². The average molecular weight is 486 g/mol. The second kappa shape index (κ2) is 11.0. The van der Waals surface area contributed by atoms with Crippen molar-refractivity contribution in [1.82, 2.24) is 9.69 Å². The van der Waals surface area contributed by atoms with Gasteiger partial charge in [0.15, 0.2) is 0 Å². The third kappa shape index (κ3) is 6.60. The van der Waals surface area contributed by atoms with Crippen molar-refractivity contribution in [2.75, 3.05) is 0 Å². The number of carbonyl (C=O) groups is 2. The summed E-state index contributed by atoms with van der Waals surface area (Å²) in [4.78, 5) is 24.7. The van der Waals surface area contributed by atoms with E-state index < -0.39 is 23.7 Å². The van der Waals surface area contributed by atoms with E-state index in [1.165, 1.54) is 12.1 Å². The zero-order valence-corrected chi connectivity index (χ0v) is 19.3. The van der Waals surface area contributed by atoms with Crippen molar-refractivity contribution in [2.45, 2.75) is 32.2 Å². The summed E-state index contributed by atoms with van der Waals surface area (Å²) in [6.45, 7) is 1.78. The molecule has 3 aromatic rings. The molecule has 0 aliphatic rings. The van der Waals surface area contributed by atoms with Crippen molar-refractivity contribution in [1.29, 1.82) is 5.26 Å². The summed E-state index contributed by atoms with van der Waals surface area (Å²) in [5, 5.41) is 21.8. The number of hydrogen-bond acceptors (Lipinski definition) is 5. The smallest absolute Gasteiger partial charge is 0.307 e. The highest BCUT2D eigenvalue weighted by Gasteiger charge is 2.25. The fourth-order valence-corrected chi connectivity index (χ4v) is 4.30. The number of amides is 1. The van der Waals surface area contributed by atoms with Crippen LogP contribution >= 0.6 is 23.1 Å². The van der Waals surface area contributed by atoms with Crippen LogP contribution in [-0.2, 0) is 11.2 Å². The molecule has 6 nitrogen and oxygen atoms in total. The number of hydrogen-bond donors (Lipinski definition) is 2. The van der Waals surface area contributed by atoms with Gasteiger partial charge in [-0.15, -0.1) is 0 Å². The fourth-order valence-electron chi connectivity index (χ4n) is 3.47. The van der Waals surface area contributed by atoms with Crippen LogP contribution in [0.5, 0.6) is 0 Å². The van der Waals surface area contributed by atoms with E-state index in [4.69, 9.17) is 16.9 Å². The van der Waals surface area contributed by atoms with E-state index in [0.717, 1.165) is 22.8 Å². The molecule has 0 spiro atoms. The number of aromatic nitrogens is 1. The van der Waals surface area contributed by atoms with Gasteiger partial charge in [0, 0.05) is 23.0 Å². The number of carbonyl (C=O) groups excluding carboxylic acids is 1. The molecule has 9 heteroatoms. The van der Waals surface area contributed by atoms with E-state index in [2.05, 4.69) is 9.69 Å². The zero-order valence-electron chi connectivity index (χ0n) is 17.7. The zero-order chi connectivity index (χ0) is 24.0. The van der Waals surface area contributed by atoms with Gasteiger partial charge in [-0.05, 0) is 66.7 Å². The highest BCUT2D eigenvalue weighted by molar-refractivity contribution is 7.08. The molecule has 0 radical (unpaired) electrons. The predicted molar refractivity (Wildman–Crippen MR) is 125 cm³/mol. The van der Waals surface area contributed by atoms with Crippen LogP contribution in [0.1, 0.15) is 33.8 Å². The fraction of sp³-hybridized carbons (Fsp3) is 0.250. The first-order valence-corrected chi connectivity index (χ1v) is 11.3. The Labute approximate surface area is 199 Å². The van der Waals surface area contributed by atoms with Gasteiger partial charge in [0.05, 0.1) is 17.7 Å². The summed E-state index contributed by atoms with van der Waals surface area (Å²) < 4.78 is 18.3. The van der Waals surface area contributed by atoms with Crippen molar-refractivity contribution in [2.24, 2.45) is 5.92 Å². The molecule has 2 atom stereocenters. The monoisotopic (exact) mass is 485 g/mol. The molecule has 0 fully saturated rings. The van der Waals surface area contributed by atoms with Crippen LogP contribution < -0.4 is 5.32 Å². The van der Waals surface area contributed by atoms with Crippen LogP contribution in [0.2, 0.25) is 5.02 Å². The van der Waals surface area contributed by atoms with E-state index in [-0.39, 0.29) is 18.7 Å². The van der Waals surface area contributed by atoms with Crippen molar-refractivity contribution in [3.05, 3.63) is 75.5 Å². The largest absolute Gasteiger partial charge is 0.481 e. The summed E-state index contributed by atoms with van der Waals surface area (Å²) in [6.07, 6.45) is 0.280. The highest BCUT2D eigenvalue weighted by atomic mass is 35.5. The minimum atomic E-state index is -1.09. The number of nitrogens with zero attached hydrogens (tertiary/aromatic N) is 2. The Morgan fingerprint density at radius 2 is 1.97 bits per heavy atom. The van der Waals surface area contributed by atoms with Crippen molar-refractivity contribution < 1.29 is 19.1 Å². The lowest BCUT2D eigenvalue weighted by Crippen LogP contribution is -2.38. The molecule has 1 unspecified atom stereocenters. The number of benzene rings is 2. The first kappa shape index (κ1) is 24.4. The van der Waals surface area contributed by atoms with Gasteiger partial charge in [0.1, 0.15) is 10.7 Å². The normalized spacial score (nSPS) is 12.5. The van der Waals surface area contributed by atoms with Gasteiger partial charge in [-0.2, -0.15) is 9.64 Å². The summed E-state index contributed by atoms with van der Waals surface area (Å²) >= 11 is 7.05. The second-order valence-corrected chi connectivity index (χ2v) is 8.90.